The SMILES string of the molecule is CC(C)(C)c1ccc(-c2csc(C(=O)Nc3ccccc3)c2)cc1. The van der Waals surface area contributed by atoms with E-state index in [0.717, 1.165) is 16.8 Å². The average Bonchev–Trinajstić information content (AvgIpc) is 3.05. The zero-order valence-corrected chi connectivity index (χ0v) is 15.0. The van der Waals surface area contributed by atoms with Crippen LogP contribution in [0.5, 0.6) is 0 Å². The normalized spacial score (nSPS) is 11.3. The quantitative estimate of drug-likeness (QED) is 0.628. The molecule has 24 heavy (non-hydrogen) atoms. The van der Waals surface area contributed by atoms with Crippen LogP contribution in [0.15, 0.2) is 66.0 Å². The average molecular weight is 335 g/mol. The van der Waals surface area contributed by atoms with Crippen LogP contribution < -0.4 is 5.32 Å². The molecular formula is C21H21NOS. The lowest BCUT2D eigenvalue weighted by Crippen LogP contribution is -2.10. The predicted molar refractivity (Wildman–Crippen MR) is 103 cm³/mol. The van der Waals surface area contributed by atoms with Gasteiger partial charge in [-0.25, -0.2) is 0 Å². The van der Waals surface area contributed by atoms with Crippen LogP contribution >= 0.6 is 11.3 Å². The first-order valence-corrected chi connectivity index (χ1v) is 8.87. The van der Waals surface area contributed by atoms with Gasteiger partial charge in [0, 0.05) is 5.69 Å². The summed E-state index contributed by atoms with van der Waals surface area (Å²) < 4.78 is 0. The molecule has 0 spiro atoms. The molecule has 1 heterocycles. The summed E-state index contributed by atoms with van der Waals surface area (Å²) in [5.41, 5.74) is 4.49. The van der Waals surface area contributed by atoms with E-state index < -0.39 is 0 Å². The Morgan fingerprint density at radius 2 is 1.58 bits per heavy atom. The zero-order valence-electron chi connectivity index (χ0n) is 14.2. The van der Waals surface area contributed by atoms with Gasteiger partial charge in [0.25, 0.3) is 5.91 Å². The maximum atomic E-state index is 12.3. The number of thiophene rings is 1. The zero-order chi connectivity index (χ0) is 17.2. The Bertz CT molecular complexity index is 826. The van der Waals surface area contributed by atoms with E-state index in [2.05, 4.69) is 50.4 Å². The van der Waals surface area contributed by atoms with Gasteiger partial charge in [-0.05, 0) is 45.7 Å². The van der Waals surface area contributed by atoms with E-state index in [4.69, 9.17) is 0 Å². The Balaban J connectivity index is 1.77. The standard InChI is InChI=1S/C21H21NOS/c1-21(2,3)17-11-9-15(10-12-17)16-13-19(24-14-16)20(23)22-18-7-5-4-6-8-18/h4-14H,1-3H3,(H,22,23). The van der Waals surface area contributed by atoms with E-state index in [9.17, 15) is 4.79 Å². The Morgan fingerprint density at radius 1 is 0.917 bits per heavy atom. The molecule has 1 N–H and O–H groups in total. The first-order valence-electron chi connectivity index (χ1n) is 7.99. The summed E-state index contributed by atoms with van der Waals surface area (Å²) in [5.74, 6) is -0.0660. The number of para-hydroxylation sites is 1. The van der Waals surface area contributed by atoms with Crippen molar-refractivity contribution in [2.45, 2.75) is 26.2 Å². The lowest BCUT2D eigenvalue weighted by atomic mass is 9.86. The van der Waals surface area contributed by atoms with Gasteiger partial charge < -0.3 is 5.32 Å². The van der Waals surface area contributed by atoms with E-state index in [1.807, 2.05) is 41.8 Å². The van der Waals surface area contributed by atoms with Crippen molar-refractivity contribution in [2.24, 2.45) is 0 Å². The van der Waals surface area contributed by atoms with Crippen LogP contribution in [0.2, 0.25) is 0 Å². The van der Waals surface area contributed by atoms with E-state index in [1.165, 1.54) is 16.9 Å². The number of carbonyl (C=O) groups excluding carboxylic acids is 1. The molecule has 0 aliphatic rings. The molecule has 0 fully saturated rings. The fourth-order valence-corrected chi connectivity index (χ4v) is 3.29. The third-order valence-corrected chi connectivity index (χ3v) is 4.87. The van der Waals surface area contributed by atoms with Crippen LogP contribution in [0, 0.1) is 0 Å². The topological polar surface area (TPSA) is 29.1 Å². The molecule has 1 aromatic heterocycles. The highest BCUT2D eigenvalue weighted by atomic mass is 32.1. The molecule has 0 saturated heterocycles. The summed E-state index contributed by atoms with van der Waals surface area (Å²) in [6.45, 7) is 6.62. The maximum absolute atomic E-state index is 12.3. The minimum atomic E-state index is -0.0660. The van der Waals surface area contributed by atoms with Crippen LogP contribution in [0.3, 0.4) is 0 Å². The van der Waals surface area contributed by atoms with Gasteiger partial charge in [-0.1, -0.05) is 63.2 Å². The van der Waals surface area contributed by atoms with Gasteiger partial charge in [-0.2, -0.15) is 0 Å². The van der Waals surface area contributed by atoms with E-state index in [-0.39, 0.29) is 11.3 Å². The molecule has 0 aliphatic heterocycles. The largest absolute Gasteiger partial charge is 0.321 e. The van der Waals surface area contributed by atoms with Crippen molar-refractivity contribution in [1.82, 2.24) is 0 Å². The van der Waals surface area contributed by atoms with Gasteiger partial charge in [-0.3, -0.25) is 4.79 Å². The number of benzene rings is 2. The third kappa shape index (κ3) is 3.74. The molecule has 122 valence electrons. The molecule has 0 bridgehead atoms. The number of hydrogen-bond acceptors (Lipinski definition) is 2. The summed E-state index contributed by atoms with van der Waals surface area (Å²) in [7, 11) is 0. The lowest BCUT2D eigenvalue weighted by Gasteiger charge is -2.19. The molecule has 0 radical (unpaired) electrons. The number of amides is 1. The smallest absolute Gasteiger partial charge is 0.265 e. The van der Waals surface area contributed by atoms with Crippen molar-refractivity contribution in [2.75, 3.05) is 5.32 Å². The highest BCUT2D eigenvalue weighted by Crippen LogP contribution is 2.29. The molecular weight excluding hydrogens is 314 g/mol. The van der Waals surface area contributed by atoms with Crippen molar-refractivity contribution in [3.63, 3.8) is 0 Å². The minimum absolute atomic E-state index is 0.0660. The van der Waals surface area contributed by atoms with Gasteiger partial charge in [0.15, 0.2) is 0 Å². The molecule has 3 rings (SSSR count). The van der Waals surface area contributed by atoms with E-state index >= 15 is 0 Å². The van der Waals surface area contributed by atoms with E-state index in [0.29, 0.717) is 4.88 Å². The van der Waals surface area contributed by atoms with Crippen LogP contribution in [0.25, 0.3) is 11.1 Å². The van der Waals surface area contributed by atoms with Crippen LogP contribution in [-0.4, -0.2) is 5.91 Å². The number of carbonyl (C=O) groups is 1. The molecule has 0 aliphatic carbocycles. The Morgan fingerprint density at radius 3 is 2.21 bits per heavy atom. The summed E-state index contributed by atoms with van der Waals surface area (Å²) >= 11 is 1.47. The molecule has 1 amide bonds. The first kappa shape index (κ1) is 16.5. The van der Waals surface area contributed by atoms with Crippen molar-refractivity contribution in [3.8, 4) is 11.1 Å². The molecule has 2 aromatic carbocycles. The Labute approximate surface area is 147 Å². The molecule has 0 atom stereocenters. The molecule has 3 aromatic rings. The maximum Gasteiger partial charge on any atom is 0.265 e. The van der Waals surface area contributed by atoms with Gasteiger partial charge in [0.2, 0.25) is 0 Å². The highest BCUT2D eigenvalue weighted by molar-refractivity contribution is 7.12. The summed E-state index contributed by atoms with van der Waals surface area (Å²) in [5, 5.41) is 4.96. The van der Waals surface area contributed by atoms with Gasteiger partial charge in [-0.15, -0.1) is 11.3 Å². The van der Waals surface area contributed by atoms with Gasteiger partial charge >= 0.3 is 0 Å². The van der Waals surface area contributed by atoms with Crippen LogP contribution in [0.1, 0.15) is 36.0 Å². The summed E-state index contributed by atoms with van der Waals surface area (Å²) in [6.07, 6.45) is 0. The molecule has 3 heteroatoms. The molecule has 0 saturated carbocycles. The third-order valence-electron chi connectivity index (χ3n) is 3.94. The van der Waals surface area contributed by atoms with Gasteiger partial charge in [0.1, 0.15) is 0 Å². The Kier molecular flexibility index (Phi) is 4.54. The second-order valence-corrected chi connectivity index (χ2v) is 7.76. The van der Waals surface area contributed by atoms with Gasteiger partial charge in [0.05, 0.1) is 4.88 Å². The van der Waals surface area contributed by atoms with Crippen LogP contribution in [0.4, 0.5) is 5.69 Å². The fourth-order valence-electron chi connectivity index (χ4n) is 2.48. The van der Waals surface area contributed by atoms with Crippen LogP contribution in [-0.2, 0) is 5.41 Å². The second kappa shape index (κ2) is 6.62. The predicted octanol–water partition coefficient (Wildman–Crippen LogP) is 5.96. The van der Waals surface area contributed by atoms with Crippen molar-refractivity contribution >= 4 is 22.9 Å². The second-order valence-electron chi connectivity index (χ2n) is 6.85. The van der Waals surface area contributed by atoms with Crippen molar-refractivity contribution < 1.29 is 4.79 Å². The van der Waals surface area contributed by atoms with E-state index in [1.54, 1.807) is 0 Å². The molecule has 0 unspecified atom stereocenters. The lowest BCUT2D eigenvalue weighted by molar-refractivity contribution is 0.103. The first-order chi connectivity index (χ1) is 11.4. The summed E-state index contributed by atoms with van der Waals surface area (Å²) in [6, 6.07) is 20.1. The van der Waals surface area contributed by atoms with Crippen molar-refractivity contribution in [3.05, 3.63) is 76.5 Å². The summed E-state index contributed by atoms with van der Waals surface area (Å²) in [4.78, 5) is 13.1. The highest BCUT2D eigenvalue weighted by Gasteiger charge is 2.14. The number of nitrogens with one attached hydrogen (secondary N) is 1. The minimum Gasteiger partial charge on any atom is -0.321 e. The monoisotopic (exact) mass is 335 g/mol. The number of rotatable bonds is 3. The number of anilines is 1. The molecule has 2 nitrogen and oxygen atoms in total. The van der Waals surface area contributed by atoms with Crippen molar-refractivity contribution in [1.29, 1.82) is 0 Å². The fraction of sp³-hybridized carbons (Fsp3) is 0.190. The Hall–Kier alpha value is -2.39. The number of hydrogen-bond donors (Lipinski definition) is 1.